The summed E-state index contributed by atoms with van der Waals surface area (Å²) in [6.45, 7) is 0.419. The Balaban J connectivity index is 1.54. The van der Waals surface area contributed by atoms with Gasteiger partial charge in [0.25, 0.3) is 0 Å². The van der Waals surface area contributed by atoms with Crippen LogP contribution in [-0.4, -0.2) is 17.6 Å². The van der Waals surface area contributed by atoms with Gasteiger partial charge in [-0.15, -0.1) is 6.42 Å². The van der Waals surface area contributed by atoms with Crippen molar-refractivity contribution in [1.82, 2.24) is 4.98 Å². The summed E-state index contributed by atoms with van der Waals surface area (Å²) in [6, 6.07) is 15.4. The summed E-state index contributed by atoms with van der Waals surface area (Å²) in [6.07, 6.45) is 9.72. The Hall–Kier alpha value is -3.32. The van der Waals surface area contributed by atoms with Gasteiger partial charge in [0.15, 0.2) is 0 Å². The number of hydrogen-bond acceptors (Lipinski definition) is 4. The van der Waals surface area contributed by atoms with E-state index in [0.29, 0.717) is 18.6 Å². The number of carbonyl (C=O) groups is 1. The molecule has 0 saturated heterocycles. The van der Waals surface area contributed by atoms with Crippen molar-refractivity contribution in [2.24, 2.45) is 0 Å². The Morgan fingerprint density at radius 2 is 2.00 bits per heavy atom. The van der Waals surface area contributed by atoms with Crippen LogP contribution >= 0.6 is 0 Å². The Kier molecular flexibility index (Phi) is 5.84. The van der Waals surface area contributed by atoms with Crippen molar-refractivity contribution in [3.05, 3.63) is 72.1 Å². The van der Waals surface area contributed by atoms with Gasteiger partial charge in [0.2, 0.25) is 0 Å². The average Bonchev–Trinajstić information content (AvgIpc) is 2.69. The first-order chi connectivity index (χ1) is 12.8. The molecule has 0 bridgehead atoms. The first-order valence-electron chi connectivity index (χ1n) is 8.39. The SMILES string of the molecule is C#CCOc1cccc(COC(=O)CCc2cncc3ccccc23)c1. The summed E-state index contributed by atoms with van der Waals surface area (Å²) in [4.78, 5) is 16.3. The van der Waals surface area contributed by atoms with Gasteiger partial charge in [0.05, 0.1) is 0 Å². The number of aryl methyl sites for hydroxylation is 1. The molecule has 26 heavy (non-hydrogen) atoms. The zero-order valence-electron chi connectivity index (χ0n) is 14.4. The van der Waals surface area contributed by atoms with Crippen molar-refractivity contribution < 1.29 is 14.3 Å². The maximum absolute atomic E-state index is 12.1. The second-order valence-corrected chi connectivity index (χ2v) is 5.82. The fourth-order valence-corrected chi connectivity index (χ4v) is 2.70. The van der Waals surface area contributed by atoms with Crippen LogP contribution in [0.3, 0.4) is 0 Å². The van der Waals surface area contributed by atoms with Gasteiger partial charge in [-0.05, 0) is 35.1 Å². The van der Waals surface area contributed by atoms with Gasteiger partial charge < -0.3 is 9.47 Å². The van der Waals surface area contributed by atoms with Crippen LogP contribution in [0, 0.1) is 12.3 Å². The molecule has 1 aromatic heterocycles. The highest BCUT2D eigenvalue weighted by molar-refractivity contribution is 5.85. The fourth-order valence-electron chi connectivity index (χ4n) is 2.70. The average molecular weight is 345 g/mol. The number of carbonyl (C=O) groups excluding carboxylic acids is 1. The molecule has 0 atom stereocenters. The Bertz CT molecular complexity index is 938. The molecular formula is C22H19NO3. The predicted molar refractivity (Wildman–Crippen MR) is 101 cm³/mol. The highest BCUT2D eigenvalue weighted by Crippen LogP contribution is 2.19. The van der Waals surface area contributed by atoms with Crippen LogP contribution in [0.5, 0.6) is 5.75 Å². The number of hydrogen-bond donors (Lipinski definition) is 0. The lowest BCUT2D eigenvalue weighted by Gasteiger charge is -2.08. The van der Waals surface area contributed by atoms with Gasteiger partial charge in [-0.2, -0.15) is 0 Å². The van der Waals surface area contributed by atoms with Gasteiger partial charge in [0.1, 0.15) is 19.0 Å². The van der Waals surface area contributed by atoms with Crippen LogP contribution in [0.2, 0.25) is 0 Å². The largest absolute Gasteiger partial charge is 0.481 e. The number of fused-ring (bicyclic) bond motifs is 1. The molecule has 130 valence electrons. The van der Waals surface area contributed by atoms with Crippen LogP contribution in [0.25, 0.3) is 10.8 Å². The molecule has 4 nitrogen and oxygen atoms in total. The molecule has 0 aliphatic rings. The third-order valence-corrected chi connectivity index (χ3v) is 3.97. The maximum atomic E-state index is 12.1. The van der Waals surface area contributed by atoms with Gasteiger partial charge in [-0.1, -0.05) is 42.3 Å². The second kappa shape index (κ2) is 8.68. The number of benzene rings is 2. The molecule has 2 aromatic carbocycles. The zero-order chi connectivity index (χ0) is 18.2. The van der Waals surface area contributed by atoms with E-state index in [0.717, 1.165) is 21.9 Å². The monoisotopic (exact) mass is 345 g/mol. The van der Waals surface area contributed by atoms with E-state index >= 15 is 0 Å². The van der Waals surface area contributed by atoms with E-state index in [1.54, 1.807) is 0 Å². The summed E-state index contributed by atoms with van der Waals surface area (Å²) >= 11 is 0. The molecule has 4 heteroatoms. The molecule has 1 heterocycles. The maximum Gasteiger partial charge on any atom is 0.306 e. The first-order valence-corrected chi connectivity index (χ1v) is 8.39. The minimum absolute atomic E-state index is 0.208. The number of aromatic nitrogens is 1. The fraction of sp³-hybridized carbons (Fsp3) is 0.182. The summed E-state index contributed by atoms with van der Waals surface area (Å²) in [5.74, 6) is 2.84. The second-order valence-electron chi connectivity index (χ2n) is 5.82. The molecule has 0 aliphatic carbocycles. The lowest BCUT2D eigenvalue weighted by atomic mass is 10.0. The van der Waals surface area contributed by atoms with Crippen molar-refractivity contribution in [2.45, 2.75) is 19.4 Å². The molecule has 0 saturated carbocycles. The van der Waals surface area contributed by atoms with Crippen molar-refractivity contribution in [1.29, 1.82) is 0 Å². The quantitative estimate of drug-likeness (QED) is 0.481. The molecule has 0 amide bonds. The van der Waals surface area contributed by atoms with E-state index < -0.39 is 0 Å². The standard InChI is InChI=1S/C22H19NO3/c1-2-12-25-20-8-5-6-17(13-20)16-26-22(24)11-10-19-15-23-14-18-7-3-4-9-21(18)19/h1,3-9,13-15H,10-12,16H2. The smallest absolute Gasteiger partial charge is 0.306 e. The highest BCUT2D eigenvalue weighted by atomic mass is 16.5. The van der Waals surface area contributed by atoms with Crippen LogP contribution in [0.4, 0.5) is 0 Å². The van der Waals surface area contributed by atoms with Crippen LogP contribution in [0.15, 0.2) is 60.9 Å². The van der Waals surface area contributed by atoms with Crippen molar-refractivity contribution in [3.63, 3.8) is 0 Å². The Morgan fingerprint density at radius 1 is 1.12 bits per heavy atom. The number of esters is 1. The van der Waals surface area contributed by atoms with E-state index in [-0.39, 0.29) is 19.2 Å². The van der Waals surface area contributed by atoms with E-state index in [1.165, 1.54) is 0 Å². The molecule has 0 N–H and O–H groups in total. The molecule has 3 aromatic rings. The molecule has 0 fully saturated rings. The third-order valence-electron chi connectivity index (χ3n) is 3.97. The topological polar surface area (TPSA) is 48.4 Å². The molecule has 0 radical (unpaired) electrons. The molecule has 0 aliphatic heterocycles. The number of rotatable bonds is 7. The van der Waals surface area contributed by atoms with Gasteiger partial charge in [-0.25, -0.2) is 0 Å². The van der Waals surface area contributed by atoms with E-state index in [1.807, 2.05) is 60.9 Å². The Labute approximate surface area is 152 Å². The molecule has 0 unspecified atom stereocenters. The van der Waals surface area contributed by atoms with E-state index in [9.17, 15) is 4.79 Å². The van der Waals surface area contributed by atoms with E-state index in [4.69, 9.17) is 15.9 Å². The van der Waals surface area contributed by atoms with Crippen LogP contribution < -0.4 is 4.74 Å². The summed E-state index contributed by atoms with van der Waals surface area (Å²) < 4.78 is 10.7. The Morgan fingerprint density at radius 3 is 2.88 bits per heavy atom. The highest BCUT2D eigenvalue weighted by Gasteiger charge is 2.07. The minimum atomic E-state index is -0.243. The third kappa shape index (κ3) is 4.61. The van der Waals surface area contributed by atoms with Gasteiger partial charge in [0, 0.05) is 24.2 Å². The van der Waals surface area contributed by atoms with Crippen LogP contribution in [0.1, 0.15) is 17.5 Å². The lowest BCUT2D eigenvalue weighted by molar-refractivity contribution is -0.144. The number of terminal acetylenes is 1. The predicted octanol–water partition coefficient (Wildman–Crippen LogP) is 3.92. The number of ether oxygens (including phenoxy) is 2. The minimum Gasteiger partial charge on any atom is -0.481 e. The zero-order valence-corrected chi connectivity index (χ0v) is 14.4. The summed E-state index contributed by atoms with van der Waals surface area (Å²) in [5.41, 5.74) is 1.91. The lowest BCUT2D eigenvalue weighted by Crippen LogP contribution is -2.06. The normalized spacial score (nSPS) is 10.3. The van der Waals surface area contributed by atoms with Crippen molar-refractivity contribution >= 4 is 16.7 Å². The molecule has 0 spiro atoms. The van der Waals surface area contributed by atoms with Crippen molar-refractivity contribution in [2.75, 3.05) is 6.61 Å². The molecular weight excluding hydrogens is 326 g/mol. The summed E-state index contributed by atoms with van der Waals surface area (Å²) in [5, 5.41) is 2.19. The molecule has 3 rings (SSSR count). The number of nitrogens with zero attached hydrogens (tertiary/aromatic N) is 1. The first kappa shape index (κ1) is 17.5. The van der Waals surface area contributed by atoms with E-state index in [2.05, 4.69) is 10.9 Å². The van der Waals surface area contributed by atoms with Gasteiger partial charge >= 0.3 is 5.97 Å². The van der Waals surface area contributed by atoms with Crippen molar-refractivity contribution in [3.8, 4) is 18.1 Å². The van der Waals surface area contributed by atoms with Crippen LogP contribution in [-0.2, 0) is 22.6 Å². The summed E-state index contributed by atoms with van der Waals surface area (Å²) in [7, 11) is 0. The van der Waals surface area contributed by atoms with Gasteiger partial charge in [-0.3, -0.25) is 9.78 Å². The number of pyridine rings is 1.